The van der Waals surface area contributed by atoms with Crippen LogP contribution in [0.3, 0.4) is 0 Å². The number of furan rings is 1. The standard InChI is InChI=1S/C21H23N5O2/c1-15-8-5-6-12-18(15)22-21(27)19(14-17-11-7-13-28-17)26-20(23-24-25-26)16-9-3-2-4-10-16/h2-4,7,9-11,13-15,18H,5-6,8,12H2,1H3,(H,22,27)/b19-14+. The van der Waals surface area contributed by atoms with Gasteiger partial charge in [0.05, 0.1) is 6.26 Å². The third-order valence-corrected chi connectivity index (χ3v) is 5.21. The van der Waals surface area contributed by atoms with Crippen molar-refractivity contribution in [2.24, 2.45) is 5.92 Å². The van der Waals surface area contributed by atoms with Gasteiger partial charge in [-0.25, -0.2) is 0 Å². The second-order valence-electron chi connectivity index (χ2n) is 7.17. The quantitative estimate of drug-likeness (QED) is 0.686. The van der Waals surface area contributed by atoms with Crippen molar-refractivity contribution in [1.82, 2.24) is 25.5 Å². The fraction of sp³-hybridized carbons (Fsp3) is 0.333. The number of carbonyl (C=O) groups is 1. The lowest BCUT2D eigenvalue weighted by Crippen LogP contribution is -2.42. The van der Waals surface area contributed by atoms with Crippen molar-refractivity contribution in [2.75, 3.05) is 0 Å². The van der Waals surface area contributed by atoms with Gasteiger partial charge in [0.25, 0.3) is 5.91 Å². The van der Waals surface area contributed by atoms with Crippen LogP contribution in [-0.2, 0) is 4.79 Å². The predicted molar refractivity (Wildman–Crippen MR) is 106 cm³/mol. The van der Waals surface area contributed by atoms with Crippen LogP contribution in [0.25, 0.3) is 23.2 Å². The van der Waals surface area contributed by atoms with E-state index in [1.807, 2.05) is 30.3 Å². The van der Waals surface area contributed by atoms with Crippen LogP contribution in [0.15, 0.2) is 53.1 Å². The molecule has 4 rings (SSSR count). The van der Waals surface area contributed by atoms with Gasteiger partial charge in [-0.2, -0.15) is 4.68 Å². The summed E-state index contributed by atoms with van der Waals surface area (Å²) in [6, 6.07) is 13.3. The van der Waals surface area contributed by atoms with E-state index in [1.165, 1.54) is 11.1 Å². The predicted octanol–water partition coefficient (Wildman–Crippen LogP) is 3.63. The maximum absolute atomic E-state index is 13.2. The molecule has 1 amide bonds. The molecule has 0 spiro atoms. The number of aromatic nitrogens is 4. The molecule has 1 aliphatic carbocycles. The zero-order chi connectivity index (χ0) is 19.3. The number of nitrogens with zero attached hydrogens (tertiary/aromatic N) is 4. The molecular weight excluding hydrogens is 354 g/mol. The third-order valence-electron chi connectivity index (χ3n) is 5.21. The molecule has 144 valence electrons. The first kappa shape index (κ1) is 18.2. The van der Waals surface area contributed by atoms with Crippen LogP contribution in [0.1, 0.15) is 38.4 Å². The van der Waals surface area contributed by atoms with Crippen molar-refractivity contribution in [3.05, 3.63) is 54.5 Å². The molecule has 2 heterocycles. The number of amides is 1. The van der Waals surface area contributed by atoms with Gasteiger partial charge in [-0.15, -0.1) is 5.10 Å². The number of hydrogen-bond donors (Lipinski definition) is 1. The lowest BCUT2D eigenvalue weighted by molar-refractivity contribution is -0.117. The largest absolute Gasteiger partial charge is 0.465 e. The van der Waals surface area contributed by atoms with Gasteiger partial charge in [0.2, 0.25) is 0 Å². The molecular formula is C21H23N5O2. The summed E-state index contributed by atoms with van der Waals surface area (Å²) in [5, 5.41) is 15.2. The molecule has 1 aromatic carbocycles. The molecule has 0 radical (unpaired) electrons. The van der Waals surface area contributed by atoms with E-state index in [2.05, 4.69) is 27.8 Å². The monoisotopic (exact) mass is 377 g/mol. The minimum Gasteiger partial charge on any atom is -0.465 e. The van der Waals surface area contributed by atoms with Crippen molar-refractivity contribution in [3.8, 4) is 11.4 Å². The summed E-state index contributed by atoms with van der Waals surface area (Å²) in [7, 11) is 0. The summed E-state index contributed by atoms with van der Waals surface area (Å²) in [5.74, 6) is 1.31. The van der Waals surface area contributed by atoms with Crippen LogP contribution in [0, 0.1) is 5.92 Å². The molecule has 7 nitrogen and oxygen atoms in total. The topological polar surface area (TPSA) is 85.8 Å². The molecule has 0 aliphatic heterocycles. The van der Waals surface area contributed by atoms with Gasteiger partial charge in [-0.3, -0.25) is 4.79 Å². The summed E-state index contributed by atoms with van der Waals surface area (Å²) >= 11 is 0. The molecule has 2 unspecified atom stereocenters. The zero-order valence-corrected chi connectivity index (χ0v) is 15.8. The number of tetrazole rings is 1. The smallest absolute Gasteiger partial charge is 0.270 e. The van der Waals surface area contributed by atoms with Crippen LogP contribution >= 0.6 is 0 Å². The summed E-state index contributed by atoms with van der Waals surface area (Å²) < 4.78 is 6.90. The van der Waals surface area contributed by atoms with E-state index >= 15 is 0 Å². The summed E-state index contributed by atoms with van der Waals surface area (Å²) in [6.07, 6.45) is 7.71. The molecule has 2 aromatic heterocycles. The van der Waals surface area contributed by atoms with Gasteiger partial charge in [-0.05, 0) is 41.3 Å². The van der Waals surface area contributed by atoms with Crippen molar-refractivity contribution in [2.45, 2.75) is 38.6 Å². The van der Waals surface area contributed by atoms with E-state index in [-0.39, 0.29) is 11.9 Å². The van der Waals surface area contributed by atoms with Crippen molar-refractivity contribution in [1.29, 1.82) is 0 Å². The number of benzene rings is 1. The highest BCUT2D eigenvalue weighted by Crippen LogP contribution is 2.25. The highest BCUT2D eigenvalue weighted by molar-refractivity contribution is 6.18. The number of nitrogens with one attached hydrogen (secondary N) is 1. The molecule has 1 fully saturated rings. The molecule has 1 N–H and O–H groups in total. The van der Waals surface area contributed by atoms with E-state index in [0.29, 0.717) is 23.2 Å². The Morgan fingerprint density at radius 1 is 1.18 bits per heavy atom. The average molecular weight is 377 g/mol. The van der Waals surface area contributed by atoms with E-state index in [4.69, 9.17) is 4.42 Å². The SMILES string of the molecule is CC1CCCCC1NC(=O)/C(=C\c1ccco1)n1nnnc1-c1ccccc1. The Balaban J connectivity index is 1.70. The van der Waals surface area contributed by atoms with Gasteiger partial charge >= 0.3 is 0 Å². The van der Waals surface area contributed by atoms with E-state index in [0.717, 1.165) is 24.8 Å². The minimum absolute atomic E-state index is 0.151. The van der Waals surface area contributed by atoms with Crippen LogP contribution in [-0.4, -0.2) is 32.2 Å². The van der Waals surface area contributed by atoms with E-state index in [9.17, 15) is 4.79 Å². The first-order valence-electron chi connectivity index (χ1n) is 9.62. The van der Waals surface area contributed by atoms with Crippen molar-refractivity contribution < 1.29 is 9.21 Å². The van der Waals surface area contributed by atoms with Crippen molar-refractivity contribution in [3.63, 3.8) is 0 Å². The Morgan fingerprint density at radius 3 is 2.75 bits per heavy atom. The Bertz CT molecular complexity index is 946. The Hall–Kier alpha value is -3.22. The minimum atomic E-state index is -0.209. The van der Waals surface area contributed by atoms with Gasteiger partial charge in [0.15, 0.2) is 5.82 Å². The zero-order valence-electron chi connectivity index (χ0n) is 15.8. The van der Waals surface area contributed by atoms with Gasteiger partial charge in [0, 0.05) is 17.7 Å². The van der Waals surface area contributed by atoms with Gasteiger partial charge in [0.1, 0.15) is 11.5 Å². The van der Waals surface area contributed by atoms with Gasteiger partial charge < -0.3 is 9.73 Å². The van der Waals surface area contributed by atoms with Crippen LogP contribution in [0.5, 0.6) is 0 Å². The number of carbonyl (C=O) groups excluding carboxylic acids is 1. The van der Waals surface area contributed by atoms with Crippen LogP contribution < -0.4 is 5.32 Å². The molecule has 28 heavy (non-hydrogen) atoms. The molecule has 0 saturated heterocycles. The van der Waals surface area contributed by atoms with Crippen molar-refractivity contribution >= 4 is 17.7 Å². The average Bonchev–Trinajstić information content (AvgIpc) is 3.40. The normalized spacial score (nSPS) is 20.1. The van der Waals surface area contributed by atoms with Crippen LogP contribution in [0.2, 0.25) is 0 Å². The van der Waals surface area contributed by atoms with Gasteiger partial charge in [-0.1, -0.05) is 50.1 Å². The lowest BCUT2D eigenvalue weighted by Gasteiger charge is -2.29. The van der Waals surface area contributed by atoms with E-state index < -0.39 is 0 Å². The molecule has 2 atom stereocenters. The number of rotatable bonds is 5. The maximum Gasteiger partial charge on any atom is 0.270 e. The lowest BCUT2D eigenvalue weighted by atomic mass is 9.86. The van der Waals surface area contributed by atoms with Crippen LogP contribution in [0.4, 0.5) is 0 Å². The molecule has 1 aliphatic rings. The second kappa shape index (κ2) is 8.21. The highest BCUT2D eigenvalue weighted by atomic mass is 16.3. The Labute approximate surface area is 163 Å². The van der Waals surface area contributed by atoms with E-state index in [1.54, 1.807) is 24.5 Å². The number of hydrogen-bond acceptors (Lipinski definition) is 5. The fourth-order valence-corrected chi connectivity index (χ4v) is 3.62. The fourth-order valence-electron chi connectivity index (χ4n) is 3.62. The second-order valence-corrected chi connectivity index (χ2v) is 7.17. The first-order chi connectivity index (χ1) is 13.7. The Morgan fingerprint density at radius 2 is 2.00 bits per heavy atom. The summed E-state index contributed by atoms with van der Waals surface area (Å²) in [5.41, 5.74) is 1.16. The summed E-state index contributed by atoms with van der Waals surface area (Å²) in [4.78, 5) is 13.2. The molecule has 0 bridgehead atoms. The summed E-state index contributed by atoms with van der Waals surface area (Å²) in [6.45, 7) is 2.19. The molecule has 3 aromatic rings. The molecule has 1 saturated carbocycles. The highest BCUT2D eigenvalue weighted by Gasteiger charge is 2.26. The first-order valence-corrected chi connectivity index (χ1v) is 9.62. The third kappa shape index (κ3) is 3.88. The maximum atomic E-state index is 13.2. The molecule has 7 heteroatoms. The Kier molecular flexibility index (Phi) is 5.32.